The molecule has 0 radical (unpaired) electrons. The van der Waals surface area contributed by atoms with Gasteiger partial charge in [0.2, 0.25) is 0 Å². The molecular weight excluding hydrogens is 456 g/mol. The normalized spacial score (nSPS) is 12.2. The van der Waals surface area contributed by atoms with Crippen LogP contribution in [0.3, 0.4) is 0 Å². The second-order valence-corrected chi connectivity index (χ2v) is 7.50. The maximum absolute atomic E-state index is 9.84. The molecule has 0 amide bonds. The van der Waals surface area contributed by atoms with E-state index in [0.717, 1.165) is 0 Å². The number of aliphatic hydroxyl groups excluding tert-OH is 5. The van der Waals surface area contributed by atoms with Gasteiger partial charge >= 0.3 is 5.97 Å². The van der Waals surface area contributed by atoms with Crippen LogP contribution in [0, 0.1) is 5.41 Å². The standard InChI is InChI=1S/C18H38O10.C4H6O2/c19-3-4-24-5-6-25-7-8-26-9-10-27-11-12-28-13-17(23)1-2-18(14-20,15-21)16-22;1-3(2)4(5)6/h17,19-23H,1-16H2;1H2,2H3,(H,5,6). The summed E-state index contributed by atoms with van der Waals surface area (Å²) in [6.07, 6.45) is -0.123. The van der Waals surface area contributed by atoms with Gasteiger partial charge in [-0.1, -0.05) is 6.58 Å². The third-order valence-corrected chi connectivity index (χ3v) is 4.41. The molecule has 0 heterocycles. The number of ether oxygens (including phenoxy) is 5. The first-order valence-corrected chi connectivity index (χ1v) is 11.2. The molecule has 0 aromatic carbocycles. The quantitative estimate of drug-likeness (QED) is 0.0729. The van der Waals surface area contributed by atoms with Gasteiger partial charge in [-0.25, -0.2) is 4.79 Å². The first-order valence-electron chi connectivity index (χ1n) is 11.2. The van der Waals surface area contributed by atoms with Crippen LogP contribution in [0.4, 0.5) is 0 Å². The molecule has 12 heteroatoms. The lowest BCUT2D eigenvalue weighted by atomic mass is 9.85. The predicted molar refractivity (Wildman–Crippen MR) is 123 cm³/mol. The lowest BCUT2D eigenvalue weighted by Crippen LogP contribution is -2.35. The maximum atomic E-state index is 9.84. The van der Waals surface area contributed by atoms with E-state index in [1.54, 1.807) is 0 Å². The number of rotatable bonds is 23. The fraction of sp³-hybridized carbons (Fsp3) is 0.864. The summed E-state index contributed by atoms with van der Waals surface area (Å²) in [5, 5.41) is 53.9. The molecule has 0 rings (SSSR count). The Morgan fingerprint density at radius 3 is 1.44 bits per heavy atom. The third-order valence-electron chi connectivity index (χ3n) is 4.41. The summed E-state index contributed by atoms with van der Waals surface area (Å²) in [7, 11) is 0. The fourth-order valence-electron chi connectivity index (χ4n) is 2.11. The number of carboxylic acid groups (broad SMARTS) is 1. The summed E-state index contributed by atoms with van der Waals surface area (Å²) >= 11 is 0. The highest BCUT2D eigenvalue weighted by Crippen LogP contribution is 2.23. The van der Waals surface area contributed by atoms with E-state index < -0.39 is 17.5 Å². The van der Waals surface area contributed by atoms with E-state index in [1.165, 1.54) is 6.92 Å². The monoisotopic (exact) mass is 500 g/mol. The van der Waals surface area contributed by atoms with Crippen molar-refractivity contribution in [3.05, 3.63) is 12.2 Å². The Kier molecular flexibility index (Phi) is 25.6. The Balaban J connectivity index is 0. The van der Waals surface area contributed by atoms with Crippen LogP contribution in [-0.2, 0) is 28.5 Å². The number of aliphatic carboxylic acids is 1. The van der Waals surface area contributed by atoms with Crippen LogP contribution in [-0.4, -0.2) is 135 Å². The first-order chi connectivity index (χ1) is 16.3. The van der Waals surface area contributed by atoms with Gasteiger partial charge in [0.05, 0.1) is 98.6 Å². The van der Waals surface area contributed by atoms with Gasteiger partial charge in [-0.3, -0.25) is 0 Å². The highest BCUT2D eigenvalue weighted by atomic mass is 16.6. The molecule has 0 saturated heterocycles. The van der Waals surface area contributed by atoms with Crippen molar-refractivity contribution < 1.29 is 59.1 Å². The Labute approximate surface area is 201 Å². The number of carbonyl (C=O) groups is 1. The molecule has 0 aliphatic carbocycles. The molecular formula is C22H44O12. The van der Waals surface area contributed by atoms with Gasteiger partial charge in [-0.2, -0.15) is 0 Å². The molecule has 0 aromatic heterocycles. The highest BCUT2D eigenvalue weighted by Gasteiger charge is 2.28. The third kappa shape index (κ3) is 22.6. The molecule has 6 N–H and O–H groups in total. The smallest absolute Gasteiger partial charge is 0.330 e. The van der Waals surface area contributed by atoms with Crippen LogP contribution in [0.25, 0.3) is 0 Å². The van der Waals surface area contributed by atoms with Gasteiger partial charge in [-0.05, 0) is 19.8 Å². The predicted octanol–water partition coefficient (Wildman–Crippen LogP) is -1.19. The molecule has 0 spiro atoms. The summed E-state index contributed by atoms with van der Waals surface area (Å²) in [5.41, 5.74) is -0.794. The van der Waals surface area contributed by atoms with E-state index in [9.17, 15) is 25.2 Å². The van der Waals surface area contributed by atoms with Crippen molar-refractivity contribution in [2.24, 2.45) is 5.41 Å². The molecule has 0 fully saturated rings. The summed E-state index contributed by atoms with van der Waals surface area (Å²) in [6, 6.07) is 0. The number of aliphatic hydroxyl groups is 5. The second-order valence-electron chi connectivity index (χ2n) is 7.50. The molecule has 0 aromatic rings. The molecule has 34 heavy (non-hydrogen) atoms. The first kappa shape index (κ1) is 35.0. The number of hydrogen-bond donors (Lipinski definition) is 6. The summed E-state index contributed by atoms with van der Waals surface area (Å²) in [5.74, 6) is -0.935. The zero-order chi connectivity index (χ0) is 26.1. The Hall–Kier alpha value is -1.19. The minimum absolute atomic E-state index is 0.00917. The number of carboxylic acids is 1. The van der Waals surface area contributed by atoms with Crippen molar-refractivity contribution in [3.8, 4) is 0 Å². The lowest BCUT2D eigenvalue weighted by Gasteiger charge is -2.28. The largest absolute Gasteiger partial charge is 0.478 e. The lowest BCUT2D eigenvalue weighted by molar-refractivity contribution is -0.132. The van der Waals surface area contributed by atoms with Gasteiger partial charge < -0.3 is 54.3 Å². The van der Waals surface area contributed by atoms with E-state index in [0.29, 0.717) is 72.3 Å². The SMILES string of the molecule is C=C(C)C(=O)O.OCCOCCOCCOCCOCCOCC(O)CCC(CO)(CO)CO. The Morgan fingerprint density at radius 1 is 0.765 bits per heavy atom. The van der Waals surface area contributed by atoms with Gasteiger partial charge in [0.15, 0.2) is 0 Å². The average Bonchev–Trinajstić information content (AvgIpc) is 2.83. The topological polar surface area (TPSA) is 185 Å². The maximum Gasteiger partial charge on any atom is 0.330 e. The van der Waals surface area contributed by atoms with Crippen LogP contribution in [0.5, 0.6) is 0 Å². The number of hydrogen-bond acceptors (Lipinski definition) is 11. The van der Waals surface area contributed by atoms with Gasteiger partial charge in [-0.15, -0.1) is 0 Å². The molecule has 0 aliphatic heterocycles. The van der Waals surface area contributed by atoms with Crippen molar-refractivity contribution in [2.75, 3.05) is 92.5 Å². The van der Waals surface area contributed by atoms with E-state index in [4.69, 9.17) is 33.9 Å². The molecule has 0 saturated carbocycles. The van der Waals surface area contributed by atoms with Crippen molar-refractivity contribution in [1.82, 2.24) is 0 Å². The summed E-state index contributed by atoms with van der Waals surface area (Å²) in [4.78, 5) is 9.60. The van der Waals surface area contributed by atoms with Gasteiger partial charge in [0, 0.05) is 11.0 Å². The fourth-order valence-corrected chi connectivity index (χ4v) is 2.11. The molecule has 1 atom stereocenters. The van der Waals surface area contributed by atoms with Crippen LogP contribution in [0.15, 0.2) is 12.2 Å². The second kappa shape index (κ2) is 24.9. The van der Waals surface area contributed by atoms with Crippen molar-refractivity contribution in [3.63, 3.8) is 0 Å². The van der Waals surface area contributed by atoms with Crippen LogP contribution >= 0.6 is 0 Å². The summed E-state index contributed by atoms with van der Waals surface area (Å²) in [6.45, 7) is 7.45. The molecule has 204 valence electrons. The molecule has 0 aliphatic rings. The Morgan fingerprint density at radius 2 is 1.12 bits per heavy atom. The average molecular weight is 501 g/mol. The minimum atomic E-state index is -0.969. The van der Waals surface area contributed by atoms with Crippen LogP contribution in [0.2, 0.25) is 0 Å². The zero-order valence-corrected chi connectivity index (χ0v) is 20.2. The molecule has 12 nitrogen and oxygen atoms in total. The van der Waals surface area contributed by atoms with E-state index >= 15 is 0 Å². The Bertz CT molecular complexity index is 451. The van der Waals surface area contributed by atoms with Crippen LogP contribution in [0.1, 0.15) is 19.8 Å². The zero-order valence-electron chi connectivity index (χ0n) is 20.2. The van der Waals surface area contributed by atoms with Crippen LogP contribution < -0.4 is 0 Å². The van der Waals surface area contributed by atoms with E-state index in [1.807, 2.05) is 0 Å². The molecule has 1 unspecified atom stereocenters. The van der Waals surface area contributed by atoms with E-state index in [2.05, 4.69) is 6.58 Å². The van der Waals surface area contributed by atoms with Crippen molar-refractivity contribution in [2.45, 2.75) is 25.9 Å². The van der Waals surface area contributed by atoms with Gasteiger partial charge in [0.25, 0.3) is 0 Å². The summed E-state index contributed by atoms with van der Waals surface area (Å²) < 4.78 is 26.3. The molecule has 0 bridgehead atoms. The van der Waals surface area contributed by atoms with E-state index in [-0.39, 0.29) is 38.6 Å². The van der Waals surface area contributed by atoms with Crippen molar-refractivity contribution >= 4 is 5.97 Å². The van der Waals surface area contributed by atoms with Crippen molar-refractivity contribution in [1.29, 1.82) is 0 Å². The minimum Gasteiger partial charge on any atom is -0.478 e. The highest BCUT2D eigenvalue weighted by molar-refractivity contribution is 5.84. The van der Waals surface area contributed by atoms with Gasteiger partial charge in [0.1, 0.15) is 0 Å².